The molecule has 12 unspecified atom stereocenters. The number of nitrogens with zero attached hydrogens (tertiary/aromatic N) is 4. The predicted octanol–water partition coefficient (Wildman–Crippen LogP) is 12.6. The molecule has 4 saturated carbocycles. The van der Waals surface area contributed by atoms with Crippen molar-refractivity contribution >= 4 is 24.4 Å². The first-order valence-electron chi connectivity index (χ1n) is 38.4. The van der Waals surface area contributed by atoms with Crippen LogP contribution >= 0.6 is 0 Å². The van der Waals surface area contributed by atoms with Crippen molar-refractivity contribution in [1.29, 1.82) is 0 Å². The summed E-state index contributed by atoms with van der Waals surface area (Å²) in [4.78, 5) is 62.1. The summed E-state index contributed by atoms with van der Waals surface area (Å²) >= 11 is 0. The molecule has 4 N–H and O–H groups in total. The minimum absolute atomic E-state index is 0.102. The number of hydrogen-bond acceptors (Lipinski definition) is 16. The Hall–Kier alpha value is -5.12. The first kappa shape index (κ1) is 74.6. The lowest BCUT2D eigenvalue weighted by atomic mass is 9.76. The van der Waals surface area contributed by atoms with Crippen LogP contribution in [-0.2, 0) is 33.8 Å². The number of benzene rings is 2. The number of nitrogens with one attached hydrogen (secondary N) is 4. The third-order valence-electron chi connectivity index (χ3n) is 22.7. The Labute approximate surface area is 581 Å². The number of ether oxygens (including phenoxy) is 8. The zero-order valence-corrected chi connectivity index (χ0v) is 60.5. The fraction of sp³-hybridized carbons (Fsp3) is 0.792. The largest absolute Gasteiger partial charge is 0.490 e. The van der Waals surface area contributed by atoms with Crippen molar-refractivity contribution in [3.63, 3.8) is 0 Å². The van der Waals surface area contributed by atoms with E-state index in [0.717, 1.165) is 190 Å². The van der Waals surface area contributed by atoms with Crippen LogP contribution < -0.4 is 30.7 Å². The Kier molecular flexibility index (Phi) is 28.4. The smallest absolute Gasteiger partial charge is 0.407 e. The quantitative estimate of drug-likeness (QED) is 0.0281. The molecule has 0 bridgehead atoms. The molecule has 0 radical (unpaired) electrons. The van der Waals surface area contributed by atoms with Gasteiger partial charge in [0.1, 0.15) is 36.9 Å². The van der Waals surface area contributed by atoms with Gasteiger partial charge >= 0.3 is 24.4 Å². The van der Waals surface area contributed by atoms with Gasteiger partial charge in [0, 0.05) is 119 Å². The van der Waals surface area contributed by atoms with Gasteiger partial charge < -0.3 is 59.2 Å². The maximum absolute atomic E-state index is 13.5. The molecule has 10 rings (SSSR count). The molecule has 20 heteroatoms. The van der Waals surface area contributed by atoms with E-state index >= 15 is 0 Å². The molecule has 20 nitrogen and oxygen atoms in total. The van der Waals surface area contributed by atoms with E-state index in [2.05, 4.69) is 121 Å². The molecule has 544 valence electrons. The summed E-state index contributed by atoms with van der Waals surface area (Å²) < 4.78 is 48.4. The van der Waals surface area contributed by atoms with Crippen molar-refractivity contribution in [3.05, 3.63) is 59.7 Å². The topological polar surface area (TPSA) is 202 Å². The number of carbonyl (C=O) groups is 4. The molecule has 4 aliphatic carbocycles. The predicted molar refractivity (Wildman–Crippen MR) is 377 cm³/mol. The highest BCUT2D eigenvalue weighted by atomic mass is 16.6. The fourth-order valence-corrected chi connectivity index (χ4v) is 15.7. The van der Waals surface area contributed by atoms with Crippen LogP contribution in [0.3, 0.4) is 0 Å². The summed E-state index contributed by atoms with van der Waals surface area (Å²) in [6.07, 6.45) is 20.5. The Morgan fingerprint density at radius 3 is 0.887 bits per heavy atom. The average molecular weight is 1350 g/mol. The van der Waals surface area contributed by atoms with Crippen molar-refractivity contribution < 1.29 is 57.1 Å². The van der Waals surface area contributed by atoms with Gasteiger partial charge in [0.05, 0.1) is 13.2 Å². The molecule has 12 atom stereocenters. The molecular weight excluding hydrogens is 1230 g/mol. The summed E-state index contributed by atoms with van der Waals surface area (Å²) in [5.74, 6) is 4.08. The minimum atomic E-state index is -0.414. The maximum atomic E-state index is 13.5. The molecule has 2 aromatic carbocycles. The number of alkyl carbamates (subject to hydrolysis) is 4. The van der Waals surface area contributed by atoms with Gasteiger partial charge in [0.15, 0.2) is 12.2 Å². The molecule has 8 fully saturated rings. The molecule has 4 aliphatic heterocycles. The molecule has 4 heterocycles. The van der Waals surface area contributed by atoms with Crippen molar-refractivity contribution in [1.82, 2.24) is 40.9 Å². The minimum Gasteiger partial charge on any atom is -0.490 e. The standard InChI is InChI=1S/C77H124N8O12/c1-9-11-37-90-49-69(45-82-41-53(82)3)94-73(86)78-63-25-13-57(14-26-63)39-59-17-29-65(30-18-59)80-75(88)96-71(47-84-43-55(84)5)51-92-67-33-21-61(22-34-67)77(7,8)62-23-35-68(36-24-62)93-52-72(48-85-44-56(85)6)97-76(89)81-66-31-19-60(20-32-66)40-58-15-27-64(28-16-58)79-74(87)95-70(46-83-42-54(83)4)50-91-38-12-10-2/h21-24,33-36,53-60,63-66,69-72H,9-20,25-32,37-52H2,1-8H3,(H,78,86)(H,79,87)(H,80,88)(H,81,89). The third kappa shape index (κ3) is 25.2. The molecule has 4 amide bonds. The average Bonchev–Trinajstić information content (AvgIpc) is 1.62. The van der Waals surface area contributed by atoms with Gasteiger partial charge in [0.25, 0.3) is 0 Å². The Morgan fingerprint density at radius 2 is 0.649 bits per heavy atom. The Bertz CT molecular complexity index is 2520. The first-order chi connectivity index (χ1) is 46.9. The van der Waals surface area contributed by atoms with Crippen LogP contribution in [0.15, 0.2) is 48.5 Å². The zero-order valence-electron chi connectivity index (χ0n) is 60.5. The molecular formula is C77H124N8O12. The molecule has 2 aromatic rings. The van der Waals surface area contributed by atoms with Gasteiger partial charge in [-0.2, -0.15) is 0 Å². The van der Waals surface area contributed by atoms with Crippen LogP contribution in [0, 0.1) is 23.7 Å². The lowest BCUT2D eigenvalue weighted by Gasteiger charge is -2.34. The van der Waals surface area contributed by atoms with Crippen molar-refractivity contribution in [2.75, 3.05) is 92.0 Å². The van der Waals surface area contributed by atoms with Gasteiger partial charge in [-0.05, 0) is 215 Å². The second-order valence-corrected chi connectivity index (χ2v) is 31.4. The van der Waals surface area contributed by atoms with E-state index in [9.17, 15) is 19.2 Å². The third-order valence-corrected chi connectivity index (χ3v) is 22.7. The van der Waals surface area contributed by atoms with Crippen molar-refractivity contribution in [2.24, 2.45) is 23.7 Å². The van der Waals surface area contributed by atoms with E-state index in [4.69, 9.17) is 37.9 Å². The lowest BCUT2D eigenvalue weighted by Crippen LogP contribution is -2.42. The number of rotatable bonds is 38. The summed E-state index contributed by atoms with van der Waals surface area (Å²) in [7, 11) is 0. The maximum Gasteiger partial charge on any atom is 0.407 e. The van der Waals surface area contributed by atoms with Crippen LogP contribution in [0.4, 0.5) is 19.2 Å². The van der Waals surface area contributed by atoms with E-state index < -0.39 is 12.2 Å². The van der Waals surface area contributed by atoms with E-state index in [1.54, 1.807) is 0 Å². The summed E-state index contributed by atoms with van der Waals surface area (Å²) in [6, 6.07) is 19.0. The second kappa shape index (κ2) is 37.0. The normalized spacial score (nSPS) is 31.0. The van der Waals surface area contributed by atoms with Gasteiger partial charge in [-0.3, -0.25) is 19.6 Å². The van der Waals surface area contributed by atoms with Crippen LogP contribution in [0.1, 0.15) is 208 Å². The van der Waals surface area contributed by atoms with Gasteiger partial charge in [-0.1, -0.05) is 64.8 Å². The summed E-state index contributed by atoms with van der Waals surface area (Å²) in [5.41, 5.74) is 1.95. The van der Waals surface area contributed by atoms with Crippen LogP contribution in [0.2, 0.25) is 0 Å². The van der Waals surface area contributed by atoms with Gasteiger partial charge in [-0.15, -0.1) is 0 Å². The molecule has 4 saturated heterocycles. The fourth-order valence-electron chi connectivity index (χ4n) is 15.7. The summed E-state index contributed by atoms with van der Waals surface area (Å²) in [5, 5.41) is 12.8. The highest BCUT2D eigenvalue weighted by Gasteiger charge is 2.39. The molecule has 8 aliphatic rings. The van der Waals surface area contributed by atoms with E-state index in [1.165, 1.54) is 12.8 Å². The highest BCUT2D eigenvalue weighted by molar-refractivity contribution is 5.69. The lowest BCUT2D eigenvalue weighted by molar-refractivity contribution is 0.0107. The van der Waals surface area contributed by atoms with E-state index in [1.807, 2.05) is 24.3 Å². The zero-order chi connectivity index (χ0) is 68.3. The van der Waals surface area contributed by atoms with E-state index in [0.29, 0.717) is 87.4 Å². The number of hydrogen-bond donors (Lipinski definition) is 4. The van der Waals surface area contributed by atoms with Crippen LogP contribution in [0.5, 0.6) is 11.5 Å². The number of carbonyl (C=O) groups excluding carboxylic acids is 4. The Morgan fingerprint density at radius 1 is 0.402 bits per heavy atom. The van der Waals surface area contributed by atoms with Gasteiger partial charge in [0.2, 0.25) is 0 Å². The van der Waals surface area contributed by atoms with Crippen molar-refractivity contribution in [3.8, 4) is 11.5 Å². The summed E-state index contributed by atoms with van der Waals surface area (Å²) in [6.45, 7) is 27.1. The number of amides is 4. The monoisotopic (exact) mass is 1350 g/mol. The van der Waals surface area contributed by atoms with Crippen LogP contribution in [0.25, 0.3) is 0 Å². The number of unbranched alkanes of at least 4 members (excludes halogenated alkanes) is 2. The second-order valence-electron chi connectivity index (χ2n) is 31.4. The van der Waals surface area contributed by atoms with Crippen molar-refractivity contribution in [2.45, 2.75) is 275 Å². The molecule has 97 heavy (non-hydrogen) atoms. The van der Waals surface area contributed by atoms with Crippen LogP contribution in [-0.4, -0.2) is 209 Å². The molecule has 0 spiro atoms. The Balaban J connectivity index is 0.591. The van der Waals surface area contributed by atoms with E-state index in [-0.39, 0.29) is 79.4 Å². The first-order valence-corrected chi connectivity index (χ1v) is 38.4. The van der Waals surface area contributed by atoms with Gasteiger partial charge in [-0.25, -0.2) is 19.2 Å². The highest BCUT2D eigenvalue weighted by Crippen LogP contribution is 2.39. The molecule has 0 aromatic heterocycles. The SMILES string of the molecule is CCCCOCC(CN1CC1C)OC(=O)NC1CCC(CC2CCC(NC(=O)OC(COc3ccc(C(C)(C)c4ccc(OCC(CN5CC5C)OC(=O)NC5CCC(CC6CCC(NC(=O)OC(COCCCC)CN7CC7C)CC6)CC5)cc4)cc3)CN3CC3C)CC2)CC1.